The number of aliphatic hydroxyl groups excluding tert-OH is 1. The van der Waals surface area contributed by atoms with Crippen molar-refractivity contribution >= 4 is 12.0 Å². The summed E-state index contributed by atoms with van der Waals surface area (Å²) in [5.41, 5.74) is 0. The van der Waals surface area contributed by atoms with Crippen LogP contribution in [0.4, 0.5) is 4.79 Å². The van der Waals surface area contributed by atoms with Gasteiger partial charge >= 0.3 is 12.0 Å². The smallest absolute Gasteiger partial charge is 0.320 e. The van der Waals surface area contributed by atoms with Gasteiger partial charge in [-0.1, -0.05) is 0 Å². The van der Waals surface area contributed by atoms with Crippen molar-refractivity contribution in [3.05, 3.63) is 0 Å². The topological polar surface area (TPSA) is 81.1 Å². The predicted octanol–water partition coefficient (Wildman–Crippen LogP) is 1.14. The minimum absolute atomic E-state index is 0.0561. The summed E-state index contributed by atoms with van der Waals surface area (Å²) in [6.07, 6.45) is 4.28. The number of hydrogen-bond acceptors (Lipinski definition) is 3. The number of hydrogen-bond donors (Lipinski definition) is 2. The first-order valence-electron chi connectivity index (χ1n) is 7.47. The number of carboxylic acid groups (broad SMARTS) is 1. The largest absolute Gasteiger partial charge is 0.481 e. The van der Waals surface area contributed by atoms with Crippen LogP contribution in [0.3, 0.4) is 0 Å². The molecule has 114 valence electrons. The van der Waals surface area contributed by atoms with E-state index < -0.39 is 11.9 Å². The second-order valence-corrected chi connectivity index (χ2v) is 5.81. The zero-order valence-electron chi connectivity index (χ0n) is 12.0. The average Bonchev–Trinajstić information content (AvgIpc) is 2.73. The molecule has 1 saturated heterocycles. The Labute approximate surface area is 119 Å². The molecule has 1 aliphatic heterocycles. The third kappa shape index (κ3) is 2.90. The average molecular weight is 284 g/mol. The molecule has 2 N–H and O–H groups in total. The molecule has 2 unspecified atom stereocenters. The van der Waals surface area contributed by atoms with Crippen LogP contribution < -0.4 is 0 Å². The lowest BCUT2D eigenvalue weighted by Gasteiger charge is -2.40. The van der Waals surface area contributed by atoms with Crippen molar-refractivity contribution in [3.8, 4) is 0 Å². The van der Waals surface area contributed by atoms with Gasteiger partial charge in [0.15, 0.2) is 0 Å². The maximum Gasteiger partial charge on any atom is 0.320 e. The highest BCUT2D eigenvalue weighted by molar-refractivity contribution is 5.78. The molecule has 0 aromatic rings. The fourth-order valence-corrected chi connectivity index (χ4v) is 3.08. The summed E-state index contributed by atoms with van der Waals surface area (Å²) in [6, 6.07) is -0.0405. The van der Waals surface area contributed by atoms with Gasteiger partial charge in [0.1, 0.15) is 0 Å². The Morgan fingerprint density at radius 3 is 2.45 bits per heavy atom. The zero-order chi connectivity index (χ0) is 14.7. The van der Waals surface area contributed by atoms with Crippen molar-refractivity contribution in [2.45, 2.75) is 51.1 Å². The molecule has 0 radical (unpaired) electrons. The first-order chi connectivity index (χ1) is 9.56. The summed E-state index contributed by atoms with van der Waals surface area (Å²) in [4.78, 5) is 27.3. The standard InChI is InChI=1S/C14H24N2O4/c1-10-12(13(18)19)6-8-15(10)14(20)16(7-3-9-17)11-4-2-5-11/h10-12,17H,2-9H2,1H3,(H,18,19). The molecule has 0 bridgehead atoms. The molecule has 6 nitrogen and oxygen atoms in total. The van der Waals surface area contributed by atoms with Gasteiger partial charge in [0.25, 0.3) is 0 Å². The fourth-order valence-electron chi connectivity index (χ4n) is 3.08. The van der Waals surface area contributed by atoms with E-state index in [0.29, 0.717) is 25.9 Å². The van der Waals surface area contributed by atoms with Crippen LogP contribution in [0, 0.1) is 5.92 Å². The van der Waals surface area contributed by atoms with Crippen molar-refractivity contribution in [1.29, 1.82) is 0 Å². The molecule has 2 rings (SSSR count). The van der Waals surface area contributed by atoms with Crippen LogP contribution in [-0.2, 0) is 4.79 Å². The number of nitrogens with zero attached hydrogens (tertiary/aromatic N) is 2. The number of aliphatic hydroxyl groups is 1. The molecule has 2 amide bonds. The first kappa shape index (κ1) is 15.1. The summed E-state index contributed by atoms with van der Waals surface area (Å²) >= 11 is 0. The fraction of sp³-hybridized carbons (Fsp3) is 0.857. The zero-order valence-corrected chi connectivity index (χ0v) is 12.0. The first-order valence-corrected chi connectivity index (χ1v) is 7.47. The van der Waals surface area contributed by atoms with Gasteiger partial charge in [0.05, 0.1) is 5.92 Å². The minimum Gasteiger partial charge on any atom is -0.481 e. The van der Waals surface area contributed by atoms with E-state index in [4.69, 9.17) is 10.2 Å². The Morgan fingerprint density at radius 2 is 2.00 bits per heavy atom. The third-order valence-electron chi connectivity index (χ3n) is 4.64. The van der Waals surface area contributed by atoms with Crippen molar-refractivity contribution < 1.29 is 19.8 Å². The molecular formula is C14H24N2O4. The van der Waals surface area contributed by atoms with Crippen molar-refractivity contribution in [2.24, 2.45) is 5.92 Å². The molecule has 0 aromatic heterocycles. The maximum atomic E-state index is 12.6. The quantitative estimate of drug-likeness (QED) is 0.793. The molecule has 1 aliphatic carbocycles. The molecule has 2 fully saturated rings. The van der Waals surface area contributed by atoms with Crippen LogP contribution in [0.2, 0.25) is 0 Å². The highest BCUT2D eigenvalue weighted by Crippen LogP contribution is 2.30. The van der Waals surface area contributed by atoms with Crippen LogP contribution in [0.25, 0.3) is 0 Å². The number of carbonyl (C=O) groups excluding carboxylic acids is 1. The number of amides is 2. The number of carbonyl (C=O) groups is 2. The number of carboxylic acids is 1. The van der Waals surface area contributed by atoms with E-state index in [1.165, 1.54) is 0 Å². The van der Waals surface area contributed by atoms with Gasteiger partial charge in [0, 0.05) is 31.8 Å². The molecule has 20 heavy (non-hydrogen) atoms. The van der Waals surface area contributed by atoms with E-state index >= 15 is 0 Å². The van der Waals surface area contributed by atoms with Crippen LogP contribution in [0.5, 0.6) is 0 Å². The summed E-state index contributed by atoms with van der Waals surface area (Å²) in [6.45, 7) is 2.96. The lowest BCUT2D eigenvalue weighted by molar-refractivity contribution is -0.142. The lowest BCUT2D eigenvalue weighted by atomic mass is 9.91. The SMILES string of the molecule is CC1C(C(=O)O)CCN1C(=O)N(CCCO)C1CCC1. The molecule has 2 atom stereocenters. The van der Waals surface area contributed by atoms with E-state index in [-0.39, 0.29) is 24.7 Å². The Hall–Kier alpha value is -1.30. The lowest BCUT2D eigenvalue weighted by Crippen LogP contribution is -2.52. The van der Waals surface area contributed by atoms with E-state index in [1.807, 2.05) is 11.8 Å². The maximum absolute atomic E-state index is 12.6. The van der Waals surface area contributed by atoms with Crippen LogP contribution in [-0.4, -0.2) is 63.8 Å². The predicted molar refractivity (Wildman–Crippen MR) is 73.4 cm³/mol. The Bertz CT molecular complexity index is 370. The van der Waals surface area contributed by atoms with Crippen molar-refractivity contribution in [3.63, 3.8) is 0 Å². The summed E-state index contributed by atoms with van der Waals surface area (Å²) in [5, 5.41) is 18.1. The van der Waals surface area contributed by atoms with Gasteiger partial charge < -0.3 is 20.0 Å². The van der Waals surface area contributed by atoms with Gasteiger partial charge in [0.2, 0.25) is 0 Å². The van der Waals surface area contributed by atoms with Gasteiger partial charge in [-0.2, -0.15) is 0 Å². The highest BCUT2D eigenvalue weighted by atomic mass is 16.4. The molecule has 6 heteroatoms. The second kappa shape index (κ2) is 6.43. The normalized spacial score (nSPS) is 26.4. The number of aliphatic carboxylic acids is 1. The van der Waals surface area contributed by atoms with Gasteiger partial charge in [-0.25, -0.2) is 4.79 Å². The van der Waals surface area contributed by atoms with Crippen LogP contribution >= 0.6 is 0 Å². The van der Waals surface area contributed by atoms with Gasteiger partial charge in [-0.15, -0.1) is 0 Å². The second-order valence-electron chi connectivity index (χ2n) is 5.81. The molecular weight excluding hydrogens is 260 g/mol. The number of likely N-dealkylation sites (tertiary alicyclic amines) is 1. The van der Waals surface area contributed by atoms with E-state index in [9.17, 15) is 9.59 Å². The van der Waals surface area contributed by atoms with E-state index in [2.05, 4.69) is 0 Å². The summed E-state index contributed by atoms with van der Waals surface area (Å²) in [7, 11) is 0. The molecule has 0 spiro atoms. The molecule has 2 aliphatic rings. The van der Waals surface area contributed by atoms with Gasteiger partial charge in [-0.3, -0.25) is 4.79 Å². The Morgan fingerprint density at radius 1 is 1.30 bits per heavy atom. The van der Waals surface area contributed by atoms with Crippen molar-refractivity contribution in [1.82, 2.24) is 9.80 Å². The van der Waals surface area contributed by atoms with Gasteiger partial charge in [-0.05, 0) is 39.0 Å². The number of rotatable bonds is 5. The van der Waals surface area contributed by atoms with E-state index in [1.54, 1.807) is 4.90 Å². The minimum atomic E-state index is -0.821. The summed E-state index contributed by atoms with van der Waals surface area (Å²) in [5.74, 6) is -1.28. The van der Waals surface area contributed by atoms with Crippen molar-refractivity contribution in [2.75, 3.05) is 19.7 Å². The van der Waals surface area contributed by atoms with E-state index in [0.717, 1.165) is 19.3 Å². The van der Waals surface area contributed by atoms with Crippen LogP contribution in [0.1, 0.15) is 39.0 Å². The van der Waals surface area contributed by atoms with Crippen LogP contribution in [0.15, 0.2) is 0 Å². The monoisotopic (exact) mass is 284 g/mol. The molecule has 1 saturated carbocycles. The Balaban J connectivity index is 2.01. The summed E-state index contributed by atoms with van der Waals surface area (Å²) < 4.78 is 0. The number of urea groups is 1. The third-order valence-corrected chi connectivity index (χ3v) is 4.64. The molecule has 1 heterocycles. The molecule has 0 aromatic carbocycles. The highest BCUT2D eigenvalue weighted by Gasteiger charge is 2.41. The Kier molecular flexibility index (Phi) is 4.86.